The minimum absolute atomic E-state index is 0.0687. The molecule has 0 bridgehead atoms. The fourth-order valence-corrected chi connectivity index (χ4v) is 3.68. The van der Waals surface area contributed by atoms with Crippen LogP contribution in [-0.4, -0.2) is 16.5 Å². The highest BCUT2D eigenvalue weighted by Crippen LogP contribution is 2.21. The SMILES string of the molecule is Cc1ccc(-c2csc(=O)n2CC(=O)NC2CCCC2)cc1. The molecule has 5 heteroatoms. The third-order valence-electron chi connectivity index (χ3n) is 4.15. The van der Waals surface area contributed by atoms with Crippen molar-refractivity contribution in [3.63, 3.8) is 0 Å². The maximum absolute atomic E-state index is 12.2. The first-order valence-corrected chi connectivity index (χ1v) is 8.56. The second-order valence-electron chi connectivity index (χ2n) is 5.89. The van der Waals surface area contributed by atoms with Crippen molar-refractivity contribution in [2.75, 3.05) is 0 Å². The smallest absolute Gasteiger partial charge is 0.308 e. The number of thiazole rings is 1. The molecule has 4 nitrogen and oxygen atoms in total. The Hall–Kier alpha value is -1.88. The van der Waals surface area contributed by atoms with Crippen molar-refractivity contribution in [3.8, 4) is 11.3 Å². The van der Waals surface area contributed by atoms with Crippen LogP contribution >= 0.6 is 11.3 Å². The first-order valence-electron chi connectivity index (χ1n) is 7.68. The van der Waals surface area contributed by atoms with E-state index in [4.69, 9.17) is 0 Å². The first-order chi connectivity index (χ1) is 10.6. The average molecular weight is 316 g/mol. The summed E-state index contributed by atoms with van der Waals surface area (Å²) >= 11 is 1.14. The Morgan fingerprint density at radius 3 is 2.64 bits per heavy atom. The van der Waals surface area contributed by atoms with Gasteiger partial charge in [0.1, 0.15) is 6.54 Å². The van der Waals surface area contributed by atoms with Crippen molar-refractivity contribution >= 4 is 17.2 Å². The number of nitrogens with zero attached hydrogens (tertiary/aromatic N) is 1. The number of benzene rings is 1. The van der Waals surface area contributed by atoms with Crippen molar-refractivity contribution in [2.45, 2.75) is 45.2 Å². The lowest BCUT2D eigenvalue weighted by Gasteiger charge is -2.13. The quantitative estimate of drug-likeness (QED) is 0.943. The van der Waals surface area contributed by atoms with E-state index in [1.165, 1.54) is 18.4 Å². The fraction of sp³-hybridized carbons (Fsp3) is 0.412. The molecule has 1 heterocycles. The Morgan fingerprint density at radius 1 is 1.27 bits per heavy atom. The molecule has 0 saturated heterocycles. The van der Waals surface area contributed by atoms with Crippen LogP contribution in [0.15, 0.2) is 34.4 Å². The molecule has 3 rings (SSSR count). The molecule has 1 N–H and O–H groups in total. The van der Waals surface area contributed by atoms with E-state index in [-0.39, 0.29) is 23.4 Å². The van der Waals surface area contributed by atoms with Gasteiger partial charge in [0, 0.05) is 11.4 Å². The van der Waals surface area contributed by atoms with Crippen molar-refractivity contribution in [3.05, 3.63) is 44.9 Å². The van der Waals surface area contributed by atoms with Crippen LogP contribution in [0.3, 0.4) is 0 Å². The van der Waals surface area contributed by atoms with Crippen molar-refractivity contribution in [1.29, 1.82) is 0 Å². The standard InChI is InChI=1S/C17H20N2O2S/c1-12-6-8-13(9-7-12)15-11-22-17(21)19(15)10-16(20)18-14-4-2-3-5-14/h6-9,11,14H,2-5,10H2,1H3,(H,18,20). The summed E-state index contributed by atoms with van der Waals surface area (Å²) in [5.74, 6) is -0.0687. The van der Waals surface area contributed by atoms with E-state index in [0.717, 1.165) is 35.4 Å². The number of carbonyl (C=O) groups is 1. The number of aryl methyl sites for hydroxylation is 1. The zero-order valence-corrected chi connectivity index (χ0v) is 13.5. The largest absolute Gasteiger partial charge is 0.352 e. The van der Waals surface area contributed by atoms with Crippen LogP contribution in [0, 0.1) is 6.92 Å². The van der Waals surface area contributed by atoms with Crippen molar-refractivity contribution in [1.82, 2.24) is 9.88 Å². The highest BCUT2D eigenvalue weighted by Gasteiger charge is 2.18. The maximum Gasteiger partial charge on any atom is 0.308 e. The van der Waals surface area contributed by atoms with Crippen molar-refractivity contribution < 1.29 is 4.79 Å². The van der Waals surface area contributed by atoms with Gasteiger partial charge in [0.2, 0.25) is 5.91 Å². The molecular weight excluding hydrogens is 296 g/mol. The molecular formula is C17H20N2O2S. The topological polar surface area (TPSA) is 51.1 Å². The number of hydrogen-bond acceptors (Lipinski definition) is 3. The molecule has 1 saturated carbocycles. The van der Waals surface area contributed by atoms with E-state index < -0.39 is 0 Å². The summed E-state index contributed by atoms with van der Waals surface area (Å²) in [6.45, 7) is 2.13. The summed E-state index contributed by atoms with van der Waals surface area (Å²) < 4.78 is 1.57. The molecule has 0 atom stereocenters. The van der Waals surface area contributed by atoms with Gasteiger partial charge >= 0.3 is 4.87 Å². The van der Waals surface area contributed by atoms with Crippen LogP contribution in [-0.2, 0) is 11.3 Å². The Bertz CT molecular complexity index is 709. The molecule has 22 heavy (non-hydrogen) atoms. The Morgan fingerprint density at radius 2 is 1.95 bits per heavy atom. The minimum Gasteiger partial charge on any atom is -0.352 e. The second kappa shape index (κ2) is 6.48. The lowest BCUT2D eigenvalue weighted by Crippen LogP contribution is -2.36. The summed E-state index contributed by atoms with van der Waals surface area (Å²) in [5, 5.41) is 4.87. The Labute approximate surface area is 133 Å². The van der Waals surface area contributed by atoms with Crippen LogP contribution in [0.25, 0.3) is 11.3 Å². The van der Waals surface area contributed by atoms with E-state index in [9.17, 15) is 9.59 Å². The molecule has 1 aliphatic carbocycles. The molecule has 1 aliphatic rings. The van der Waals surface area contributed by atoms with Gasteiger partial charge in [-0.05, 0) is 25.3 Å². The zero-order valence-electron chi connectivity index (χ0n) is 12.7. The van der Waals surface area contributed by atoms with Crippen LogP contribution in [0.4, 0.5) is 0 Å². The number of carbonyl (C=O) groups excluding carboxylic acids is 1. The van der Waals surface area contributed by atoms with Gasteiger partial charge in [-0.2, -0.15) is 0 Å². The second-order valence-corrected chi connectivity index (χ2v) is 6.71. The molecule has 1 aromatic heterocycles. The predicted octanol–water partition coefficient (Wildman–Crippen LogP) is 2.94. The van der Waals surface area contributed by atoms with Crippen LogP contribution in [0.2, 0.25) is 0 Å². The minimum atomic E-state index is -0.0860. The van der Waals surface area contributed by atoms with Gasteiger partial charge in [0.25, 0.3) is 0 Å². The predicted molar refractivity (Wildman–Crippen MR) is 89.2 cm³/mol. The third-order valence-corrected chi connectivity index (χ3v) is 4.92. The molecule has 1 amide bonds. The van der Waals surface area contributed by atoms with Gasteiger partial charge in [0.05, 0.1) is 5.69 Å². The number of hydrogen-bond donors (Lipinski definition) is 1. The van der Waals surface area contributed by atoms with Gasteiger partial charge in [-0.3, -0.25) is 14.2 Å². The Balaban J connectivity index is 1.78. The van der Waals surface area contributed by atoms with E-state index in [2.05, 4.69) is 5.32 Å². The number of nitrogens with one attached hydrogen (secondary N) is 1. The molecule has 2 aromatic rings. The van der Waals surface area contributed by atoms with Crippen LogP contribution in [0.1, 0.15) is 31.2 Å². The monoisotopic (exact) mass is 316 g/mol. The van der Waals surface area contributed by atoms with Gasteiger partial charge in [-0.25, -0.2) is 0 Å². The van der Waals surface area contributed by atoms with E-state index >= 15 is 0 Å². The summed E-state index contributed by atoms with van der Waals surface area (Å²) in [7, 11) is 0. The third kappa shape index (κ3) is 3.30. The summed E-state index contributed by atoms with van der Waals surface area (Å²) in [6.07, 6.45) is 4.46. The van der Waals surface area contributed by atoms with E-state index in [0.29, 0.717) is 0 Å². The van der Waals surface area contributed by atoms with Gasteiger partial charge in [-0.1, -0.05) is 54.0 Å². The molecule has 0 aliphatic heterocycles. The molecule has 0 spiro atoms. The zero-order chi connectivity index (χ0) is 15.5. The number of aromatic nitrogens is 1. The lowest BCUT2D eigenvalue weighted by molar-refractivity contribution is -0.122. The molecule has 0 radical (unpaired) electrons. The number of amides is 1. The number of rotatable bonds is 4. The van der Waals surface area contributed by atoms with Crippen LogP contribution < -0.4 is 10.2 Å². The molecule has 1 fully saturated rings. The fourth-order valence-electron chi connectivity index (χ4n) is 2.92. The lowest BCUT2D eigenvalue weighted by atomic mass is 10.1. The first kappa shape index (κ1) is 15.0. The van der Waals surface area contributed by atoms with Gasteiger partial charge < -0.3 is 5.32 Å². The van der Waals surface area contributed by atoms with Gasteiger partial charge in [0.15, 0.2) is 0 Å². The Kier molecular flexibility index (Phi) is 4.43. The summed E-state index contributed by atoms with van der Waals surface area (Å²) in [6, 6.07) is 8.29. The van der Waals surface area contributed by atoms with E-state index in [1.807, 2.05) is 36.6 Å². The van der Waals surface area contributed by atoms with Gasteiger partial charge in [-0.15, -0.1) is 0 Å². The normalized spacial score (nSPS) is 15.1. The molecule has 116 valence electrons. The highest BCUT2D eigenvalue weighted by molar-refractivity contribution is 7.07. The van der Waals surface area contributed by atoms with E-state index in [1.54, 1.807) is 4.57 Å². The van der Waals surface area contributed by atoms with Crippen LogP contribution in [0.5, 0.6) is 0 Å². The van der Waals surface area contributed by atoms with Crippen molar-refractivity contribution in [2.24, 2.45) is 0 Å². The molecule has 0 unspecified atom stereocenters. The maximum atomic E-state index is 12.2. The summed E-state index contributed by atoms with van der Waals surface area (Å²) in [4.78, 5) is 24.2. The average Bonchev–Trinajstić information content (AvgIpc) is 3.11. The summed E-state index contributed by atoms with van der Waals surface area (Å²) in [5.41, 5.74) is 2.96. The molecule has 1 aromatic carbocycles. The highest BCUT2D eigenvalue weighted by atomic mass is 32.1.